The smallest absolute Gasteiger partial charge is 0.123 e. The molecule has 4 nitrogen and oxygen atoms in total. The fraction of sp³-hybridized carbons (Fsp3) is 0.333. The minimum absolute atomic E-state index is 0.569. The van der Waals surface area contributed by atoms with Gasteiger partial charge in [-0.3, -0.25) is 4.68 Å². The second kappa shape index (κ2) is 4.79. The molecule has 0 amide bonds. The summed E-state index contributed by atoms with van der Waals surface area (Å²) in [6, 6.07) is 5.94. The zero-order chi connectivity index (χ0) is 11.4. The van der Waals surface area contributed by atoms with Gasteiger partial charge in [0.2, 0.25) is 0 Å². The summed E-state index contributed by atoms with van der Waals surface area (Å²) in [5, 5.41) is 4.29. The summed E-state index contributed by atoms with van der Waals surface area (Å²) in [7, 11) is 0. The standard InChI is InChI=1S/C12H16N4/c1-2-7-16-11(4-6-15-16)8-10-3-5-14-12(13)9-10/h3-6,9H,2,7-8H2,1H3,(H2,13,14). The fourth-order valence-corrected chi connectivity index (χ4v) is 1.74. The molecular weight excluding hydrogens is 200 g/mol. The van der Waals surface area contributed by atoms with Crippen molar-refractivity contribution in [2.24, 2.45) is 0 Å². The molecule has 2 heterocycles. The summed E-state index contributed by atoms with van der Waals surface area (Å²) in [5.74, 6) is 0.569. The van der Waals surface area contributed by atoms with E-state index < -0.39 is 0 Å². The topological polar surface area (TPSA) is 56.7 Å². The van der Waals surface area contributed by atoms with E-state index in [4.69, 9.17) is 5.73 Å². The highest BCUT2D eigenvalue weighted by Gasteiger charge is 2.03. The molecule has 0 unspecified atom stereocenters. The summed E-state index contributed by atoms with van der Waals surface area (Å²) in [4.78, 5) is 3.98. The van der Waals surface area contributed by atoms with Gasteiger partial charge < -0.3 is 5.73 Å². The summed E-state index contributed by atoms with van der Waals surface area (Å²) in [6.45, 7) is 3.11. The van der Waals surface area contributed by atoms with Gasteiger partial charge in [-0.05, 0) is 30.2 Å². The zero-order valence-electron chi connectivity index (χ0n) is 9.43. The van der Waals surface area contributed by atoms with Gasteiger partial charge in [0.25, 0.3) is 0 Å². The van der Waals surface area contributed by atoms with E-state index in [2.05, 4.69) is 17.0 Å². The van der Waals surface area contributed by atoms with Crippen molar-refractivity contribution in [2.45, 2.75) is 26.3 Å². The molecule has 0 spiro atoms. The van der Waals surface area contributed by atoms with Crippen molar-refractivity contribution >= 4 is 5.82 Å². The van der Waals surface area contributed by atoms with Crippen molar-refractivity contribution in [2.75, 3.05) is 5.73 Å². The van der Waals surface area contributed by atoms with Crippen molar-refractivity contribution in [3.63, 3.8) is 0 Å². The van der Waals surface area contributed by atoms with Crippen LogP contribution in [-0.4, -0.2) is 14.8 Å². The predicted molar refractivity (Wildman–Crippen MR) is 64.0 cm³/mol. The number of aryl methyl sites for hydroxylation is 1. The molecule has 2 N–H and O–H groups in total. The number of anilines is 1. The first kappa shape index (κ1) is 10.7. The normalized spacial score (nSPS) is 10.6. The molecule has 2 rings (SSSR count). The maximum Gasteiger partial charge on any atom is 0.123 e. The van der Waals surface area contributed by atoms with E-state index in [1.807, 2.05) is 29.1 Å². The van der Waals surface area contributed by atoms with Crippen LogP contribution >= 0.6 is 0 Å². The first-order chi connectivity index (χ1) is 7.79. The van der Waals surface area contributed by atoms with Crippen molar-refractivity contribution in [1.82, 2.24) is 14.8 Å². The summed E-state index contributed by atoms with van der Waals surface area (Å²) >= 11 is 0. The number of rotatable bonds is 4. The average Bonchev–Trinajstić information content (AvgIpc) is 2.66. The number of nitrogens with zero attached hydrogens (tertiary/aromatic N) is 3. The van der Waals surface area contributed by atoms with Crippen LogP contribution in [0.4, 0.5) is 5.82 Å². The molecule has 0 aliphatic carbocycles. The van der Waals surface area contributed by atoms with Gasteiger partial charge >= 0.3 is 0 Å². The molecule has 84 valence electrons. The van der Waals surface area contributed by atoms with E-state index in [1.165, 1.54) is 11.3 Å². The molecule has 0 aromatic carbocycles. The van der Waals surface area contributed by atoms with Crippen LogP contribution in [0.25, 0.3) is 0 Å². The van der Waals surface area contributed by atoms with E-state index in [1.54, 1.807) is 6.20 Å². The Bertz CT molecular complexity index is 462. The number of aromatic nitrogens is 3. The van der Waals surface area contributed by atoms with Gasteiger partial charge in [-0.1, -0.05) is 6.92 Å². The maximum absolute atomic E-state index is 5.65. The third kappa shape index (κ3) is 2.39. The Morgan fingerprint density at radius 3 is 2.94 bits per heavy atom. The zero-order valence-corrected chi connectivity index (χ0v) is 9.43. The second-order valence-corrected chi connectivity index (χ2v) is 3.81. The Labute approximate surface area is 95.1 Å². The molecule has 0 aliphatic rings. The van der Waals surface area contributed by atoms with Crippen LogP contribution in [0.5, 0.6) is 0 Å². The van der Waals surface area contributed by atoms with E-state index >= 15 is 0 Å². The summed E-state index contributed by atoms with van der Waals surface area (Å²) in [5.41, 5.74) is 8.04. The molecule has 0 saturated heterocycles. The largest absolute Gasteiger partial charge is 0.384 e. The lowest BCUT2D eigenvalue weighted by molar-refractivity contribution is 0.580. The SMILES string of the molecule is CCCn1nccc1Cc1ccnc(N)c1. The van der Waals surface area contributed by atoms with Gasteiger partial charge in [0.15, 0.2) is 0 Å². The Balaban J connectivity index is 2.17. The predicted octanol–water partition coefficient (Wildman–Crippen LogP) is 1.86. The van der Waals surface area contributed by atoms with Gasteiger partial charge in [0.1, 0.15) is 5.82 Å². The Kier molecular flexibility index (Phi) is 3.19. The van der Waals surface area contributed by atoms with E-state index in [9.17, 15) is 0 Å². The van der Waals surface area contributed by atoms with Crippen molar-refractivity contribution in [3.8, 4) is 0 Å². The lowest BCUT2D eigenvalue weighted by Crippen LogP contribution is -2.05. The molecule has 2 aromatic rings. The molecule has 2 aromatic heterocycles. The first-order valence-electron chi connectivity index (χ1n) is 5.50. The quantitative estimate of drug-likeness (QED) is 0.848. The molecule has 0 saturated carbocycles. The molecule has 0 aliphatic heterocycles. The van der Waals surface area contributed by atoms with E-state index in [0.717, 1.165) is 19.4 Å². The highest BCUT2D eigenvalue weighted by Crippen LogP contribution is 2.10. The van der Waals surface area contributed by atoms with Crippen LogP contribution in [0.15, 0.2) is 30.6 Å². The van der Waals surface area contributed by atoms with Gasteiger partial charge in [-0.2, -0.15) is 5.10 Å². The monoisotopic (exact) mass is 216 g/mol. The van der Waals surface area contributed by atoms with Crippen LogP contribution < -0.4 is 5.73 Å². The Hall–Kier alpha value is -1.84. The van der Waals surface area contributed by atoms with Crippen molar-refractivity contribution in [1.29, 1.82) is 0 Å². The minimum Gasteiger partial charge on any atom is -0.384 e. The number of nitrogens with two attached hydrogens (primary N) is 1. The lowest BCUT2D eigenvalue weighted by Gasteiger charge is -2.06. The fourth-order valence-electron chi connectivity index (χ4n) is 1.74. The van der Waals surface area contributed by atoms with Crippen LogP contribution in [-0.2, 0) is 13.0 Å². The van der Waals surface area contributed by atoms with Crippen LogP contribution in [0.1, 0.15) is 24.6 Å². The van der Waals surface area contributed by atoms with Crippen molar-refractivity contribution < 1.29 is 0 Å². The average molecular weight is 216 g/mol. The van der Waals surface area contributed by atoms with Crippen LogP contribution in [0.3, 0.4) is 0 Å². The minimum atomic E-state index is 0.569. The Morgan fingerprint density at radius 2 is 2.19 bits per heavy atom. The Morgan fingerprint density at radius 1 is 1.31 bits per heavy atom. The third-order valence-electron chi connectivity index (χ3n) is 2.47. The molecule has 0 atom stereocenters. The summed E-state index contributed by atoms with van der Waals surface area (Å²) < 4.78 is 2.04. The maximum atomic E-state index is 5.65. The highest BCUT2D eigenvalue weighted by molar-refractivity contribution is 5.33. The summed E-state index contributed by atoms with van der Waals surface area (Å²) in [6.07, 6.45) is 5.53. The van der Waals surface area contributed by atoms with Gasteiger partial charge in [-0.25, -0.2) is 4.98 Å². The molecule has 16 heavy (non-hydrogen) atoms. The van der Waals surface area contributed by atoms with E-state index in [0.29, 0.717) is 5.82 Å². The second-order valence-electron chi connectivity index (χ2n) is 3.81. The highest BCUT2D eigenvalue weighted by atomic mass is 15.3. The molecule has 0 radical (unpaired) electrons. The number of hydrogen-bond acceptors (Lipinski definition) is 3. The number of hydrogen-bond donors (Lipinski definition) is 1. The number of nitrogen functional groups attached to an aromatic ring is 1. The van der Waals surface area contributed by atoms with Crippen molar-refractivity contribution in [3.05, 3.63) is 41.9 Å². The lowest BCUT2D eigenvalue weighted by atomic mass is 10.1. The number of pyridine rings is 1. The van der Waals surface area contributed by atoms with E-state index in [-0.39, 0.29) is 0 Å². The molecule has 0 fully saturated rings. The first-order valence-corrected chi connectivity index (χ1v) is 5.50. The van der Waals surface area contributed by atoms with Gasteiger partial charge in [-0.15, -0.1) is 0 Å². The van der Waals surface area contributed by atoms with Crippen LogP contribution in [0, 0.1) is 0 Å². The molecule has 4 heteroatoms. The molecule has 0 bridgehead atoms. The third-order valence-corrected chi connectivity index (χ3v) is 2.47. The van der Waals surface area contributed by atoms with Gasteiger partial charge in [0, 0.05) is 31.1 Å². The van der Waals surface area contributed by atoms with Crippen LogP contribution in [0.2, 0.25) is 0 Å². The van der Waals surface area contributed by atoms with Gasteiger partial charge in [0.05, 0.1) is 0 Å². The molecular formula is C12H16N4.